The molecular weight excluding hydrogens is 394 g/mol. The second kappa shape index (κ2) is 8.99. The van der Waals surface area contributed by atoms with Crippen LogP contribution in [0.25, 0.3) is 0 Å². The van der Waals surface area contributed by atoms with Crippen LogP contribution >= 0.6 is 0 Å². The standard InChI is InChI=1S/C23H31N5O3/c1-5-16-14-27(2)19-13-24-23(26-21(19)28(16)17-8-6-7-9-17)25-18-11-10-15(22(29)31-4)12-20(18)30-3/h10-13,16-17H,5-9,14H2,1-4H3,(H,24,25,26). The monoisotopic (exact) mass is 425 g/mol. The van der Waals surface area contributed by atoms with E-state index in [4.69, 9.17) is 14.5 Å². The van der Waals surface area contributed by atoms with Crippen molar-refractivity contribution in [3.63, 3.8) is 0 Å². The van der Waals surface area contributed by atoms with Crippen LogP contribution in [0.15, 0.2) is 24.4 Å². The molecule has 2 heterocycles. The molecule has 0 amide bonds. The number of rotatable bonds is 6. The first-order valence-corrected chi connectivity index (χ1v) is 11.0. The van der Waals surface area contributed by atoms with E-state index in [0.717, 1.165) is 24.5 Å². The highest BCUT2D eigenvalue weighted by molar-refractivity contribution is 5.91. The Morgan fingerprint density at radius 2 is 2.03 bits per heavy atom. The van der Waals surface area contributed by atoms with Crippen molar-refractivity contribution in [3.8, 4) is 5.75 Å². The van der Waals surface area contributed by atoms with E-state index >= 15 is 0 Å². The van der Waals surface area contributed by atoms with Gasteiger partial charge in [0.2, 0.25) is 5.95 Å². The lowest BCUT2D eigenvalue weighted by molar-refractivity contribution is 0.0600. The molecule has 8 heteroatoms. The minimum Gasteiger partial charge on any atom is -0.495 e. The molecule has 1 aromatic heterocycles. The molecule has 0 spiro atoms. The molecule has 1 saturated carbocycles. The third-order valence-electron chi connectivity index (χ3n) is 6.34. The molecule has 0 radical (unpaired) electrons. The lowest BCUT2D eigenvalue weighted by atomic mass is 10.0. The van der Waals surface area contributed by atoms with Gasteiger partial charge in [0.1, 0.15) is 5.75 Å². The first kappa shape index (κ1) is 21.2. The fraction of sp³-hybridized carbons (Fsp3) is 0.522. The summed E-state index contributed by atoms with van der Waals surface area (Å²) in [4.78, 5) is 26.1. The number of hydrogen-bond acceptors (Lipinski definition) is 8. The molecule has 1 aliphatic carbocycles. The largest absolute Gasteiger partial charge is 0.495 e. The second-order valence-corrected chi connectivity index (χ2v) is 8.22. The number of aromatic nitrogens is 2. The molecule has 2 aromatic rings. The summed E-state index contributed by atoms with van der Waals surface area (Å²) in [6.07, 6.45) is 7.97. The molecule has 31 heavy (non-hydrogen) atoms. The third kappa shape index (κ3) is 4.11. The number of hydrogen-bond donors (Lipinski definition) is 1. The Labute approximate surface area is 183 Å². The lowest BCUT2D eigenvalue weighted by Crippen LogP contribution is -2.52. The predicted molar refractivity (Wildman–Crippen MR) is 122 cm³/mol. The number of likely N-dealkylation sites (N-methyl/N-ethyl adjacent to an activating group) is 1. The highest BCUT2D eigenvalue weighted by atomic mass is 16.5. The fourth-order valence-electron chi connectivity index (χ4n) is 4.70. The van der Waals surface area contributed by atoms with Gasteiger partial charge in [0.15, 0.2) is 5.82 Å². The maximum atomic E-state index is 11.8. The predicted octanol–water partition coefficient (Wildman–Crippen LogP) is 3.99. The number of esters is 1. The number of anilines is 4. The summed E-state index contributed by atoms with van der Waals surface area (Å²) in [6, 6.07) is 6.11. The maximum Gasteiger partial charge on any atom is 0.337 e. The molecule has 1 aliphatic heterocycles. The molecule has 4 rings (SSSR count). The van der Waals surface area contributed by atoms with Crippen molar-refractivity contribution in [1.29, 1.82) is 0 Å². The zero-order valence-corrected chi connectivity index (χ0v) is 18.7. The van der Waals surface area contributed by atoms with Gasteiger partial charge in [-0.1, -0.05) is 19.8 Å². The van der Waals surface area contributed by atoms with Gasteiger partial charge in [0.05, 0.1) is 37.4 Å². The number of nitrogens with one attached hydrogen (secondary N) is 1. The molecule has 1 fully saturated rings. The molecular formula is C23H31N5O3. The third-order valence-corrected chi connectivity index (χ3v) is 6.34. The topological polar surface area (TPSA) is 79.8 Å². The number of nitrogens with zero attached hydrogens (tertiary/aromatic N) is 4. The summed E-state index contributed by atoms with van der Waals surface area (Å²) in [5.41, 5.74) is 2.19. The number of fused-ring (bicyclic) bond motifs is 1. The van der Waals surface area contributed by atoms with Crippen LogP contribution in [0.2, 0.25) is 0 Å². The summed E-state index contributed by atoms with van der Waals surface area (Å²) >= 11 is 0. The molecule has 166 valence electrons. The van der Waals surface area contributed by atoms with Crippen molar-refractivity contribution in [2.45, 2.75) is 51.1 Å². The molecule has 1 atom stereocenters. The molecule has 1 aromatic carbocycles. The Balaban J connectivity index is 1.67. The first-order chi connectivity index (χ1) is 15.0. The van der Waals surface area contributed by atoms with Gasteiger partial charge in [-0.25, -0.2) is 9.78 Å². The SMILES string of the molecule is CCC1CN(C)c2cnc(Nc3ccc(C(=O)OC)cc3OC)nc2N1C1CCCC1. The maximum absolute atomic E-state index is 11.8. The van der Waals surface area contributed by atoms with E-state index in [9.17, 15) is 4.79 Å². The zero-order chi connectivity index (χ0) is 22.0. The fourth-order valence-corrected chi connectivity index (χ4v) is 4.70. The van der Waals surface area contributed by atoms with Crippen LogP contribution in [-0.4, -0.2) is 55.8 Å². The van der Waals surface area contributed by atoms with Crippen LogP contribution in [0.5, 0.6) is 5.75 Å². The van der Waals surface area contributed by atoms with Crippen molar-refractivity contribution < 1.29 is 14.3 Å². The van der Waals surface area contributed by atoms with Crippen LogP contribution in [0, 0.1) is 0 Å². The summed E-state index contributed by atoms with van der Waals surface area (Å²) in [7, 11) is 5.04. The van der Waals surface area contributed by atoms with E-state index in [2.05, 4.69) is 34.1 Å². The minimum atomic E-state index is -0.407. The molecule has 1 N–H and O–H groups in total. The summed E-state index contributed by atoms with van der Waals surface area (Å²) in [5, 5.41) is 3.27. The summed E-state index contributed by atoms with van der Waals surface area (Å²) in [5.74, 6) is 1.63. The van der Waals surface area contributed by atoms with Gasteiger partial charge < -0.3 is 24.6 Å². The number of benzene rings is 1. The number of methoxy groups -OCH3 is 2. The highest BCUT2D eigenvalue weighted by Gasteiger charge is 2.36. The van der Waals surface area contributed by atoms with Crippen LogP contribution in [0.4, 0.5) is 23.1 Å². The molecule has 8 nitrogen and oxygen atoms in total. The first-order valence-electron chi connectivity index (χ1n) is 11.0. The lowest BCUT2D eigenvalue weighted by Gasteiger charge is -2.45. The molecule has 0 bridgehead atoms. The number of carbonyl (C=O) groups excluding carboxylic acids is 1. The summed E-state index contributed by atoms with van der Waals surface area (Å²) < 4.78 is 10.3. The van der Waals surface area contributed by atoms with Gasteiger partial charge in [-0.2, -0.15) is 4.98 Å². The van der Waals surface area contributed by atoms with Crippen molar-refractivity contribution in [2.24, 2.45) is 0 Å². The number of carbonyl (C=O) groups is 1. The average Bonchev–Trinajstić information content (AvgIpc) is 3.32. The Kier molecular flexibility index (Phi) is 6.15. The summed E-state index contributed by atoms with van der Waals surface area (Å²) in [6.45, 7) is 3.23. The molecule has 1 unspecified atom stereocenters. The Bertz CT molecular complexity index is 945. The smallest absolute Gasteiger partial charge is 0.337 e. The Morgan fingerprint density at radius 1 is 1.26 bits per heavy atom. The normalized spacial score (nSPS) is 18.6. The van der Waals surface area contributed by atoms with Crippen LogP contribution in [0.3, 0.4) is 0 Å². The Morgan fingerprint density at radius 3 is 2.71 bits per heavy atom. The number of ether oxygens (including phenoxy) is 2. The average molecular weight is 426 g/mol. The zero-order valence-electron chi connectivity index (χ0n) is 18.7. The quantitative estimate of drug-likeness (QED) is 0.696. The van der Waals surface area contributed by atoms with Crippen molar-refractivity contribution in [1.82, 2.24) is 9.97 Å². The van der Waals surface area contributed by atoms with E-state index in [1.54, 1.807) is 25.3 Å². The van der Waals surface area contributed by atoms with E-state index in [-0.39, 0.29) is 0 Å². The van der Waals surface area contributed by atoms with Gasteiger partial charge >= 0.3 is 5.97 Å². The van der Waals surface area contributed by atoms with E-state index in [0.29, 0.717) is 35.0 Å². The molecule has 0 saturated heterocycles. The Hall–Kier alpha value is -3.03. The van der Waals surface area contributed by atoms with Crippen molar-refractivity contribution >= 4 is 29.1 Å². The second-order valence-electron chi connectivity index (χ2n) is 8.22. The van der Waals surface area contributed by atoms with Crippen LogP contribution < -0.4 is 19.9 Å². The minimum absolute atomic E-state index is 0.407. The van der Waals surface area contributed by atoms with Crippen molar-refractivity contribution in [3.05, 3.63) is 30.0 Å². The van der Waals surface area contributed by atoms with E-state index < -0.39 is 5.97 Å². The van der Waals surface area contributed by atoms with Crippen LogP contribution in [0.1, 0.15) is 49.4 Å². The van der Waals surface area contributed by atoms with E-state index in [1.807, 2.05) is 6.20 Å². The van der Waals surface area contributed by atoms with Gasteiger partial charge in [0, 0.05) is 25.7 Å². The highest BCUT2D eigenvalue weighted by Crippen LogP contribution is 2.39. The van der Waals surface area contributed by atoms with Gasteiger partial charge in [-0.05, 0) is 37.5 Å². The van der Waals surface area contributed by atoms with Gasteiger partial charge in [-0.15, -0.1) is 0 Å². The molecule has 2 aliphatic rings. The van der Waals surface area contributed by atoms with Gasteiger partial charge in [-0.3, -0.25) is 0 Å². The van der Waals surface area contributed by atoms with Gasteiger partial charge in [0.25, 0.3) is 0 Å². The van der Waals surface area contributed by atoms with Crippen molar-refractivity contribution in [2.75, 3.05) is 42.9 Å². The van der Waals surface area contributed by atoms with Crippen LogP contribution in [-0.2, 0) is 4.74 Å². The van der Waals surface area contributed by atoms with E-state index in [1.165, 1.54) is 32.8 Å².